The van der Waals surface area contributed by atoms with Crippen molar-refractivity contribution in [2.24, 2.45) is 0 Å². The van der Waals surface area contributed by atoms with E-state index in [2.05, 4.69) is 0 Å². The molecule has 3 heteroatoms. The summed E-state index contributed by atoms with van der Waals surface area (Å²) < 4.78 is 10.8. The molecule has 0 saturated heterocycles. The number of hydrogen-bond donors (Lipinski definition) is 0. The van der Waals surface area contributed by atoms with Gasteiger partial charge >= 0.3 is 0 Å². The van der Waals surface area contributed by atoms with Gasteiger partial charge in [-0.1, -0.05) is 0 Å². The zero-order valence-electron chi connectivity index (χ0n) is 9.37. The molecule has 0 aliphatic rings. The first-order valence-electron chi connectivity index (χ1n) is 5.08. The molecule has 0 bridgehead atoms. The van der Waals surface area contributed by atoms with E-state index >= 15 is 0 Å². The van der Waals surface area contributed by atoms with Crippen LogP contribution >= 0.6 is 0 Å². The molecule has 0 radical (unpaired) electrons. The van der Waals surface area contributed by atoms with Crippen LogP contribution < -0.4 is 9.47 Å². The van der Waals surface area contributed by atoms with E-state index in [4.69, 9.17) is 9.47 Å². The third-order valence-corrected chi connectivity index (χ3v) is 2.03. The van der Waals surface area contributed by atoms with Crippen molar-refractivity contribution < 1.29 is 14.3 Å². The van der Waals surface area contributed by atoms with Crippen molar-refractivity contribution in [2.75, 3.05) is 13.2 Å². The van der Waals surface area contributed by atoms with Crippen molar-refractivity contribution in [1.82, 2.24) is 0 Å². The zero-order valence-corrected chi connectivity index (χ0v) is 9.37. The maximum Gasteiger partial charge on any atom is 0.153 e. The van der Waals surface area contributed by atoms with Gasteiger partial charge in [0.1, 0.15) is 11.5 Å². The summed E-state index contributed by atoms with van der Waals surface area (Å²) in [6.07, 6.45) is 0.799. The van der Waals surface area contributed by atoms with Gasteiger partial charge in [-0.25, -0.2) is 0 Å². The molecule has 1 rings (SSSR count). The molecule has 3 nitrogen and oxygen atoms in total. The molecule has 15 heavy (non-hydrogen) atoms. The second-order valence-electron chi connectivity index (χ2n) is 3.14. The van der Waals surface area contributed by atoms with Crippen LogP contribution in [0.5, 0.6) is 11.5 Å². The number of rotatable bonds is 5. The molecule has 0 saturated carbocycles. The molecule has 0 heterocycles. The summed E-state index contributed by atoms with van der Waals surface area (Å²) >= 11 is 0. The van der Waals surface area contributed by atoms with Gasteiger partial charge in [-0.05, 0) is 32.4 Å². The van der Waals surface area contributed by atoms with E-state index in [0.29, 0.717) is 24.5 Å². The van der Waals surface area contributed by atoms with Crippen LogP contribution in [0, 0.1) is 6.92 Å². The summed E-state index contributed by atoms with van der Waals surface area (Å²) in [5, 5.41) is 0. The number of carbonyl (C=O) groups excluding carboxylic acids is 1. The second-order valence-corrected chi connectivity index (χ2v) is 3.14. The molecule has 1 aromatic carbocycles. The van der Waals surface area contributed by atoms with Gasteiger partial charge < -0.3 is 9.47 Å². The van der Waals surface area contributed by atoms with Gasteiger partial charge in [-0.15, -0.1) is 0 Å². The molecule has 0 unspecified atom stereocenters. The van der Waals surface area contributed by atoms with Crippen LogP contribution in [0.2, 0.25) is 0 Å². The monoisotopic (exact) mass is 208 g/mol. The first-order chi connectivity index (χ1) is 7.22. The van der Waals surface area contributed by atoms with Gasteiger partial charge in [0, 0.05) is 6.07 Å². The highest BCUT2D eigenvalue weighted by molar-refractivity contribution is 5.80. The van der Waals surface area contributed by atoms with E-state index in [1.165, 1.54) is 0 Å². The molecular weight excluding hydrogens is 192 g/mol. The largest absolute Gasteiger partial charge is 0.493 e. The van der Waals surface area contributed by atoms with E-state index in [1.54, 1.807) is 12.1 Å². The third-order valence-electron chi connectivity index (χ3n) is 2.03. The Bertz CT molecular complexity index is 345. The average molecular weight is 208 g/mol. The summed E-state index contributed by atoms with van der Waals surface area (Å²) in [5.74, 6) is 1.35. The lowest BCUT2D eigenvalue weighted by atomic mass is 10.1. The summed E-state index contributed by atoms with van der Waals surface area (Å²) in [6.45, 7) is 6.86. The highest BCUT2D eigenvalue weighted by Crippen LogP contribution is 2.27. The molecule has 0 aliphatic heterocycles. The Morgan fingerprint density at radius 1 is 1.13 bits per heavy atom. The maximum absolute atomic E-state index is 10.8. The summed E-state index contributed by atoms with van der Waals surface area (Å²) in [7, 11) is 0. The van der Waals surface area contributed by atoms with E-state index in [1.807, 2.05) is 20.8 Å². The van der Waals surface area contributed by atoms with Crippen LogP contribution in [0.3, 0.4) is 0 Å². The Kier molecular flexibility index (Phi) is 4.16. The molecule has 82 valence electrons. The molecule has 0 aromatic heterocycles. The number of hydrogen-bond acceptors (Lipinski definition) is 3. The van der Waals surface area contributed by atoms with Crippen LogP contribution in [0.1, 0.15) is 29.8 Å². The smallest absolute Gasteiger partial charge is 0.153 e. The predicted octanol–water partition coefficient (Wildman–Crippen LogP) is 2.60. The SMILES string of the molecule is CCOc1cc(OCC)c(C=O)cc1C. The molecular formula is C12H16O3. The van der Waals surface area contributed by atoms with Gasteiger partial charge in [0.15, 0.2) is 6.29 Å². The predicted molar refractivity (Wildman–Crippen MR) is 58.9 cm³/mol. The summed E-state index contributed by atoms with van der Waals surface area (Å²) in [4.78, 5) is 10.8. The highest BCUT2D eigenvalue weighted by atomic mass is 16.5. The van der Waals surface area contributed by atoms with E-state index in [9.17, 15) is 4.79 Å². The fourth-order valence-corrected chi connectivity index (χ4v) is 1.38. The Morgan fingerprint density at radius 3 is 2.27 bits per heavy atom. The molecule has 0 N–H and O–H groups in total. The minimum atomic E-state index is 0.537. The molecule has 0 aliphatic carbocycles. The van der Waals surface area contributed by atoms with Crippen LogP contribution in [-0.2, 0) is 0 Å². The lowest BCUT2D eigenvalue weighted by Gasteiger charge is -2.11. The van der Waals surface area contributed by atoms with Crippen LogP contribution in [-0.4, -0.2) is 19.5 Å². The van der Waals surface area contributed by atoms with Gasteiger partial charge in [-0.2, -0.15) is 0 Å². The van der Waals surface area contributed by atoms with Crippen LogP contribution in [0.25, 0.3) is 0 Å². The van der Waals surface area contributed by atoms with Gasteiger partial charge in [0.2, 0.25) is 0 Å². The molecule has 0 amide bonds. The second kappa shape index (κ2) is 5.39. The number of aldehydes is 1. The summed E-state index contributed by atoms with van der Waals surface area (Å²) in [5.41, 5.74) is 1.51. The van der Waals surface area contributed by atoms with Crippen molar-refractivity contribution in [2.45, 2.75) is 20.8 Å². The molecule has 0 spiro atoms. The number of aryl methyl sites for hydroxylation is 1. The fraction of sp³-hybridized carbons (Fsp3) is 0.417. The lowest BCUT2D eigenvalue weighted by Crippen LogP contribution is -2.00. The topological polar surface area (TPSA) is 35.5 Å². The third kappa shape index (κ3) is 2.72. The fourth-order valence-electron chi connectivity index (χ4n) is 1.38. The number of carbonyl (C=O) groups is 1. The van der Waals surface area contributed by atoms with E-state index in [0.717, 1.165) is 17.6 Å². The number of ether oxygens (including phenoxy) is 2. The molecule has 1 aromatic rings. The minimum Gasteiger partial charge on any atom is -0.493 e. The lowest BCUT2D eigenvalue weighted by molar-refractivity contribution is 0.111. The van der Waals surface area contributed by atoms with Gasteiger partial charge in [0.25, 0.3) is 0 Å². The Labute approximate surface area is 90.0 Å². The Balaban J connectivity index is 3.11. The quantitative estimate of drug-likeness (QED) is 0.698. The maximum atomic E-state index is 10.8. The van der Waals surface area contributed by atoms with Crippen molar-refractivity contribution in [3.63, 3.8) is 0 Å². The first-order valence-corrected chi connectivity index (χ1v) is 5.08. The molecule has 0 atom stereocenters. The Morgan fingerprint density at radius 2 is 1.73 bits per heavy atom. The van der Waals surface area contributed by atoms with Crippen molar-refractivity contribution in [3.8, 4) is 11.5 Å². The van der Waals surface area contributed by atoms with E-state index in [-0.39, 0.29) is 0 Å². The molecule has 0 fully saturated rings. The highest BCUT2D eigenvalue weighted by Gasteiger charge is 2.08. The van der Waals surface area contributed by atoms with Gasteiger partial charge in [-0.3, -0.25) is 4.79 Å². The zero-order chi connectivity index (χ0) is 11.3. The van der Waals surface area contributed by atoms with Crippen LogP contribution in [0.4, 0.5) is 0 Å². The summed E-state index contributed by atoms with van der Waals surface area (Å²) in [6, 6.07) is 3.55. The van der Waals surface area contributed by atoms with Crippen molar-refractivity contribution in [3.05, 3.63) is 23.3 Å². The van der Waals surface area contributed by atoms with Crippen molar-refractivity contribution in [1.29, 1.82) is 0 Å². The Hall–Kier alpha value is -1.51. The number of benzene rings is 1. The van der Waals surface area contributed by atoms with Crippen LogP contribution in [0.15, 0.2) is 12.1 Å². The minimum absolute atomic E-state index is 0.537. The normalized spacial score (nSPS) is 9.80. The first kappa shape index (κ1) is 11.6. The van der Waals surface area contributed by atoms with Gasteiger partial charge in [0.05, 0.1) is 18.8 Å². The standard InChI is InChI=1S/C12H16O3/c1-4-14-11-7-12(15-5-2)10(8-13)6-9(11)3/h6-8H,4-5H2,1-3H3. The van der Waals surface area contributed by atoms with Crippen molar-refractivity contribution >= 4 is 6.29 Å². The average Bonchev–Trinajstić information content (AvgIpc) is 2.23. The van der Waals surface area contributed by atoms with E-state index < -0.39 is 0 Å².